The lowest BCUT2D eigenvalue weighted by Crippen LogP contribution is -2.46. The van der Waals surface area contributed by atoms with Crippen LogP contribution in [0.15, 0.2) is 78.0 Å². The van der Waals surface area contributed by atoms with Crippen molar-refractivity contribution >= 4 is 52.4 Å². The van der Waals surface area contributed by atoms with E-state index < -0.39 is 0 Å². The highest BCUT2D eigenvalue weighted by Crippen LogP contribution is 2.29. The maximum absolute atomic E-state index is 13.0. The van der Waals surface area contributed by atoms with Crippen LogP contribution in [-0.2, 0) is 12.2 Å². The molecule has 1 amide bonds. The predicted molar refractivity (Wildman–Crippen MR) is 179 cm³/mol. The third-order valence-corrected chi connectivity index (χ3v) is 8.92. The molecule has 1 aromatic heterocycles. The second kappa shape index (κ2) is 14.9. The van der Waals surface area contributed by atoms with Crippen molar-refractivity contribution in [1.29, 1.82) is 0 Å². The number of carbonyl (C=O) groups excluding carboxylic acids is 1. The third kappa shape index (κ3) is 8.08. The van der Waals surface area contributed by atoms with E-state index in [-0.39, 0.29) is 5.91 Å². The fourth-order valence-corrected chi connectivity index (χ4v) is 6.17. The van der Waals surface area contributed by atoms with Gasteiger partial charge in [0.1, 0.15) is 11.0 Å². The topological polar surface area (TPSA) is 71.0 Å². The quantitative estimate of drug-likeness (QED) is 0.100. The Balaban J connectivity index is 1.13. The third-order valence-electron chi connectivity index (χ3n) is 7.56. The summed E-state index contributed by atoms with van der Waals surface area (Å²) < 4.78 is 10.7. The van der Waals surface area contributed by atoms with Gasteiger partial charge in [0.05, 0.1) is 14.2 Å². The van der Waals surface area contributed by atoms with E-state index in [1.807, 2.05) is 67.7 Å². The first-order chi connectivity index (χ1) is 21.3. The highest BCUT2D eigenvalue weighted by molar-refractivity contribution is 7.98. The van der Waals surface area contributed by atoms with E-state index in [2.05, 4.69) is 26.9 Å². The second-order valence-corrected chi connectivity index (χ2v) is 12.2. The molecule has 1 aliphatic heterocycles. The number of nitrogens with zero attached hydrogens (tertiary/aromatic N) is 5. The second-order valence-electron chi connectivity index (χ2n) is 10.4. The molecule has 1 saturated heterocycles. The summed E-state index contributed by atoms with van der Waals surface area (Å²) in [5.74, 6) is 2.84. The molecule has 1 aliphatic rings. The van der Waals surface area contributed by atoms with E-state index in [9.17, 15) is 4.79 Å². The summed E-state index contributed by atoms with van der Waals surface area (Å²) in [5.41, 5.74) is 3.95. The Labute approximate surface area is 272 Å². The number of hydrogen-bond donors (Lipinski definition) is 0. The van der Waals surface area contributed by atoms with Crippen LogP contribution < -0.4 is 19.3 Å². The van der Waals surface area contributed by atoms with E-state index in [1.54, 1.807) is 19.1 Å². The Hall–Kier alpha value is -3.66. The minimum atomic E-state index is -0.0244. The highest BCUT2D eigenvalue weighted by Gasteiger charge is 2.20. The molecule has 0 atom stereocenters. The van der Waals surface area contributed by atoms with Gasteiger partial charge in [-0.3, -0.25) is 4.79 Å². The maximum atomic E-state index is 13.0. The Morgan fingerprint density at radius 1 is 0.841 bits per heavy atom. The Kier molecular flexibility index (Phi) is 10.7. The molecule has 8 nitrogen and oxygen atoms in total. The van der Waals surface area contributed by atoms with Crippen molar-refractivity contribution in [2.75, 3.05) is 63.8 Å². The van der Waals surface area contributed by atoms with Crippen molar-refractivity contribution in [2.45, 2.75) is 17.3 Å². The lowest BCUT2D eigenvalue weighted by atomic mass is 10.1. The molecule has 0 bridgehead atoms. The maximum Gasteiger partial charge on any atom is 0.253 e. The van der Waals surface area contributed by atoms with Crippen LogP contribution in [0.2, 0.25) is 10.2 Å². The minimum Gasteiger partial charge on any atom is -0.493 e. The van der Waals surface area contributed by atoms with Gasteiger partial charge in [-0.05, 0) is 66.1 Å². The fraction of sp³-hybridized carbons (Fsp3) is 0.303. The van der Waals surface area contributed by atoms with Crippen LogP contribution >= 0.6 is 35.0 Å². The molecular formula is C33H35Cl2N5O3S. The van der Waals surface area contributed by atoms with Crippen LogP contribution in [0.4, 0.5) is 11.5 Å². The number of thioether (sulfide) groups is 1. The van der Waals surface area contributed by atoms with Crippen molar-refractivity contribution in [3.63, 3.8) is 0 Å². The number of ether oxygens (including phenoxy) is 2. The van der Waals surface area contributed by atoms with Gasteiger partial charge >= 0.3 is 0 Å². The van der Waals surface area contributed by atoms with E-state index in [1.165, 1.54) is 17.4 Å². The van der Waals surface area contributed by atoms with Gasteiger partial charge in [-0.2, -0.15) is 0 Å². The number of likely N-dealkylation sites (N-methyl/N-ethyl adjacent to an activating group) is 1. The Morgan fingerprint density at radius 2 is 1.50 bits per heavy atom. The molecule has 5 rings (SSSR count). The molecule has 0 saturated carbocycles. The molecule has 0 spiro atoms. The number of methoxy groups -OCH3 is 2. The standard InChI is InChI=1S/C33H35Cl2N5O3S/c1-38(15-14-23-6-13-28(42-2)29(20-23)43-3)32(41)25-7-4-24(5-8-25)22-44-33-36-30(35)21-31(37-33)40-18-16-39(17-19-40)27-11-9-26(34)10-12-27/h4-13,20-21H,14-19,22H2,1-3H3. The van der Waals surface area contributed by atoms with Gasteiger partial charge in [0, 0.05) is 67.9 Å². The first kappa shape index (κ1) is 31.8. The number of piperazine rings is 1. The number of amides is 1. The lowest BCUT2D eigenvalue weighted by molar-refractivity contribution is 0.0796. The summed E-state index contributed by atoms with van der Waals surface area (Å²) in [6.07, 6.45) is 0.705. The number of benzene rings is 3. The molecular weight excluding hydrogens is 617 g/mol. The van der Waals surface area contributed by atoms with Crippen molar-refractivity contribution in [1.82, 2.24) is 14.9 Å². The zero-order valence-corrected chi connectivity index (χ0v) is 27.3. The summed E-state index contributed by atoms with van der Waals surface area (Å²) in [6.45, 7) is 4.00. The van der Waals surface area contributed by atoms with Gasteiger partial charge in [0.25, 0.3) is 5.91 Å². The zero-order valence-electron chi connectivity index (χ0n) is 25.0. The molecule has 230 valence electrons. The number of carbonyl (C=O) groups is 1. The normalized spacial score (nSPS) is 13.1. The van der Waals surface area contributed by atoms with Crippen molar-refractivity contribution in [2.24, 2.45) is 0 Å². The summed E-state index contributed by atoms with van der Waals surface area (Å²) in [6, 6.07) is 23.3. The van der Waals surface area contributed by atoms with Crippen LogP contribution in [0.5, 0.6) is 11.5 Å². The molecule has 0 radical (unpaired) electrons. The number of halogens is 2. The van der Waals surface area contributed by atoms with E-state index in [0.29, 0.717) is 46.1 Å². The fourth-order valence-electron chi connectivity index (χ4n) is 5.00. The molecule has 44 heavy (non-hydrogen) atoms. The molecule has 3 aromatic carbocycles. The van der Waals surface area contributed by atoms with Crippen molar-refractivity contribution < 1.29 is 14.3 Å². The van der Waals surface area contributed by atoms with Crippen molar-refractivity contribution in [3.8, 4) is 11.5 Å². The smallest absolute Gasteiger partial charge is 0.253 e. The number of hydrogen-bond acceptors (Lipinski definition) is 8. The van der Waals surface area contributed by atoms with Gasteiger partial charge in [0.2, 0.25) is 0 Å². The van der Waals surface area contributed by atoms with Crippen LogP contribution in [0.1, 0.15) is 21.5 Å². The van der Waals surface area contributed by atoms with Gasteiger partial charge in [-0.15, -0.1) is 0 Å². The van der Waals surface area contributed by atoms with Gasteiger partial charge < -0.3 is 24.2 Å². The average molecular weight is 653 g/mol. The van der Waals surface area contributed by atoms with Crippen LogP contribution in [-0.4, -0.2) is 74.8 Å². The number of anilines is 2. The largest absolute Gasteiger partial charge is 0.493 e. The van der Waals surface area contributed by atoms with Gasteiger partial charge in [-0.1, -0.05) is 53.2 Å². The molecule has 0 N–H and O–H groups in total. The monoisotopic (exact) mass is 651 g/mol. The highest BCUT2D eigenvalue weighted by atomic mass is 35.5. The minimum absolute atomic E-state index is 0.0244. The molecule has 1 fully saturated rings. The van der Waals surface area contributed by atoms with E-state index in [4.69, 9.17) is 37.7 Å². The molecule has 11 heteroatoms. The lowest BCUT2D eigenvalue weighted by Gasteiger charge is -2.36. The molecule has 0 aliphatic carbocycles. The van der Waals surface area contributed by atoms with Gasteiger partial charge in [-0.25, -0.2) is 9.97 Å². The first-order valence-electron chi connectivity index (χ1n) is 14.3. The predicted octanol–water partition coefficient (Wildman–Crippen LogP) is 6.73. The molecule has 0 unspecified atom stereocenters. The SMILES string of the molecule is COc1ccc(CCN(C)C(=O)c2ccc(CSc3nc(Cl)cc(N4CCN(c5ccc(Cl)cc5)CC4)n3)cc2)cc1OC. The summed E-state index contributed by atoms with van der Waals surface area (Å²) in [4.78, 5) is 28.6. The molecule has 2 heterocycles. The average Bonchev–Trinajstić information content (AvgIpc) is 3.06. The van der Waals surface area contributed by atoms with Crippen LogP contribution in [0.3, 0.4) is 0 Å². The summed E-state index contributed by atoms with van der Waals surface area (Å²) >= 11 is 14.0. The van der Waals surface area contributed by atoms with Crippen LogP contribution in [0, 0.1) is 0 Å². The zero-order chi connectivity index (χ0) is 31.1. The number of aromatic nitrogens is 2. The summed E-state index contributed by atoms with van der Waals surface area (Å²) in [7, 11) is 5.05. The Bertz CT molecular complexity index is 1570. The molecule has 4 aromatic rings. The van der Waals surface area contributed by atoms with Crippen LogP contribution in [0.25, 0.3) is 0 Å². The van der Waals surface area contributed by atoms with E-state index in [0.717, 1.165) is 48.1 Å². The van der Waals surface area contributed by atoms with Gasteiger partial charge in [0.15, 0.2) is 16.7 Å². The Morgan fingerprint density at radius 3 is 2.18 bits per heavy atom. The first-order valence-corrected chi connectivity index (χ1v) is 16.0. The summed E-state index contributed by atoms with van der Waals surface area (Å²) in [5, 5.41) is 1.79. The number of rotatable bonds is 11. The van der Waals surface area contributed by atoms with E-state index >= 15 is 0 Å². The van der Waals surface area contributed by atoms with Crippen molar-refractivity contribution in [3.05, 3.63) is 99.7 Å².